The van der Waals surface area contributed by atoms with Crippen molar-refractivity contribution in [3.05, 3.63) is 35.6 Å². The minimum Gasteiger partial charge on any atom is -0.362 e. The first-order valence-corrected chi connectivity index (χ1v) is 7.78. The molecule has 1 aromatic carbocycles. The summed E-state index contributed by atoms with van der Waals surface area (Å²) in [4.78, 5) is 12.0. The number of thioether (sulfide) groups is 1. The van der Waals surface area contributed by atoms with Gasteiger partial charge in [0.1, 0.15) is 5.82 Å². The van der Waals surface area contributed by atoms with Crippen LogP contribution in [0.15, 0.2) is 29.4 Å². The predicted octanol–water partition coefficient (Wildman–Crippen LogP) is 2.92. The number of hydrogen-bond acceptors (Lipinski definition) is 4. The van der Waals surface area contributed by atoms with Crippen LogP contribution in [0.4, 0.5) is 17.6 Å². The lowest BCUT2D eigenvalue weighted by Gasteiger charge is -2.32. The summed E-state index contributed by atoms with van der Waals surface area (Å²) in [5.41, 5.74) is -2.96. The highest BCUT2D eigenvalue weighted by Gasteiger charge is 2.62. The van der Waals surface area contributed by atoms with E-state index >= 15 is 0 Å². The molecule has 126 valence electrons. The fourth-order valence-electron chi connectivity index (χ4n) is 2.13. The Balaban J connectivity index is 2.01. The summed E-state index contributed by atoms with van der Waals surface area (Å²) in [6, 6.07) is 5.92. The van der Waals surface area contributed by atoms with Gasteiger partial charge < -0.3 is 5.11 Å². The first kappa shape index (κ1) is 17.7. The maximum absolute atomic E-state index is 13.4. The van der Waals surface area contributed by atoms with Gasteiger partial charge in [-0.25, -0.2) is 4.39 Å². The monoisotopic (exact) mass is 350 g/mol. The summed E-state index contributed by atoms with van der Waals surface area (Å²) >= 11 is 0.949. The van der Waals surface area contributed by atoms with E-state index in [-0.39, 0.29) is 22.2 Å². The second-order valence-corrected chi connectivity index (χ2v) is 6.10. The Bertz CT molecular complexity index is 635. The average Bonchev–Trinajstić information content (AvgIpc) is 2.77. The number of halogens is 4. The quantitative estimate of drug-likeness (QED) is 0.850. The maximum Gasteiger partial charge on any atom is 0.438 e. The fraction of sp³-hybridized carbons (Fsp3) is 0.429. The lowest BCUT2D eigenvalue weighted by Crippen LogP contribution is -2.57. The van der Waals surface area contributed by atoms with Gasteiger partial charge in [0.15, 0.2) is 0 Å². The molecule has 1 aliphatic heterocycles. The van der Waals surface area contributed by atoms with Gasteiger partial charge in [0.25, 0.3) is 11.6 Å². The van der Waals surface area contributed by atoms with Crippen LogP contribution in [-0.4, -0.2) is 39.4 Å². The van der Waals surface area contributed by atoms with Crippen molar-refractivity contribution in [2.45, 2.75) is 31.0 Å². The van der Waals surface area contributed by atoms with Crippen molar-refractivity contribution in [3.8, 4) is 0 Å². The molecule has 0 spiro atoms. The Morgan fingerprint density at radius 1 is 1.43 bits per heavy atom. The van der Waals surface area contributed by atoms with Gasteiger partial charge in [0.2, 0.25) is 0 Å². The van der Waals surface area contributed by atoms with Crippen molar-refractivity contribution in [2.75, 3.05) is 5.75 Å². The van der Waals surface area contributed by atoms with Crippen molar-refractivity contribution in [3.63, 3.8) is 0 Å². The first-order chi connectivity index (χ1) is 10.6. The highest BCUT2D eigenvalue weighted by Crippen LogP contribution is 2.40. The minimum atomic E-state index is -5.01. The summed E-state index contributed by atoms with van der Waals surface area (Å²) < 4.78 is 52.4. The van der Waals surface area contributed by atoms with E-state index in [1.54, 1.807) is 6.07 Å². The SMILES string of the molecule is CC1=NN(C(=O)CSCc2ccccc2F)[C@@](O)(C(F)(F)F)C1. The van der Waals surface area contributed by atoms with Gasteiger partial charge >= 0.3 is 6.18 Å². The van der Waals surface area contributed by atoms with Crippen LogP contribution in [0.3, 0.4) is 0 Å². The number of aliphatic hydroxyl groups is 1. The zero-order chi connectivity index (χ0) is 17.3. The fourth-order valence-corrected chi connectivity index (χ4v) is 2.98. The summed E-state index contributed by atoms with van der Waals surface area (Å²) in [7, 11) is 0. The molecule has 1 amide bonds. The van der Waals surface area contributed by atoms with Crippen LogP contribution < -0.4 is 0 Å². The van der Waals surface area contributed by atoms with E-state index < -0.39 is 30.0 Å². The average molecular weight is 350 g/mol. The number of hydrazone groups is 1. The Labute approximate surface area is 134 Å². The van der Waals surface area contributed by atoms with E-state index in [0.29, 0.717) is 5.56 Å². The topological polar surface area (TPSA) is 52.9 Å². The molecule has 1 aromatic rings. The van der Waals surface area contributed by atoms with Crippen molar-refractivity contribution in [1.29, 1.82) is 0 Å². The molecule has 4 nitrogen and oxygen atoms in total. The molecule has 2 rings (SSSR count). The molecule has 0 bridgehead atoms. The number of alkyl halides is 3. The van der Waals surface area contributed by atoms with Crippen LogP contribution in [0.2, 0.25) is 0 Å². The highest BCUT2D eigenvalue weighted by atomic mass is 32.2. The molecular formula is C14H14F4N2O2S. The lowest BCUT2D eigenvalue weighted by atomic mass is 10.1. The molecule has 23 heavy (non-hydrogen) atoms. The number of amides is 1. The van der Waals surface area contributed by atoms with Crippen LogP contribution in [0.5, 0.6) is 0 Å². The molecule has 0 aromatic heterocycles. The van der Waals surface area contributed by atoms with E-state index in [1.807, 2.05) is 0 Å². The third-order valence-electron chi connectivity index (χ3n) is 3.25. The number of rotatable bonds is 4. The zero-order valence-corrected chi connectivity index (χ0v) is 12.9. The maximum atomic E-state index is 13.4. The molecule has 0 saturated carbocycles. The van der Waals surface area contributed by atoms with Crippen LogP contribution >= 0.6 is 11.8 Å². The Morgan fingerprint density at radius 3 is 2.70 bits per heavy atom. The molecule has 1 atom stereocenters. The minimum absolute atomic E-state index is 0.0114. The third kappa shape index (κ3) is 3.66. The molecule has 9 heteroatoms. The van der Waals surface area contributed by atoms with Gasteiger partial charge in [0, 0.05) is 17.9 Å². The van der Waals surface area contributed by atoms with Gasteiger partial charge in [0.05, 0.1) is 5.75 Å². The van der Waals surface area contributed by atoms with Gasteiger partial charge in [-0.1, -0.05) is 18.2 Å². The van der Waals surface area contributed by atoms with Gasteiger partial charge in [-0.15, -0.1) is 11.8 Å². The summed E-state index contributed by atoms with van der Waals surface area (Å²) in [5, 5.41) is 13.4. The van der Waals surface area contributed by atoms with Crippen molar-refractivity contribution < 1.29 is 27.5 Å². The van der Waals surface area contributed by atoms with Gasteiger partial charge in [-0.3, -0.25) is 4.79 Å². The van der Waals surface area contributed by atoms with Crippen molar-refractivity contribution in [1.82, 2.24) is 5.01 Å². The number of carbonyl (C=O) groups is 1. The van der Waals surface area contributed by atoms with Gasteiger partial charge in [-0.05, 0) is 18.6 Å². The van der Waals surface area contributed by atoms with Crippen molar-refractivity contribution >= 4 is 23.4 Å². The summed E-state index contributed by atoms with van der Waals surface area (Å²) in [6.45, 7) is 1.30. The molecule has 0 saturated heterocycles. The zero-order valence-electron chi connectivity index (χ0n) is 12.1. The standard InChI is InChI=1S/C14H14F4N2O2S/c1-9-6-13(22,14(16,17)18)20(19-9)12(21)8-23-7-10-4-2-3-5-11(10)15/h2-5,22H,6-8H2,1H3/t13-/m0/s1. The first-order valence-electron chi connectivity index (χ1n) is 6.62. The summed E-state index contributed by atoms with van der Waals surface area (Å²) in [6.07, 6.45) is -5.79. The lowest BCUT2D eigenvalue weighted by molar-refractivity contribution is -0.301. The Kier molecular flexibility index (Phi) is 5.00. The van der Waals surface area contributed by atoms with Crippen LogP contribution in [-0.2, 0) is 10.5 Å². The van der Waals surface area contributed by atoms with Crippen LogP contribution in [0.25, 0.3) is 0 Å². The van der Waals surface area contributed by atoms with E-state index in [2.05, 4.69) is 5.10 Å². The molecule has 1 N–H and O–H groups in total. The van der Waals surface area contributed by atoms with Crippen LogP contribution in [0.1, 0.15) is 18.9 Å². The number of benzene rings is 1. The largest absolute Gasteiger partial charge is 0.438 e. The molecule has 0 radical (unpaired) electrons. The molecular weight excluding hydrogens is 336 g/mol. The molecule has 1 aliphatic rings. The smallest absolute Gasteiger partial charge is 0.362 e. The van der Waals surface area contributed by atoms with E-state index in [9.17, 15) is 27.5 Å². The highest BCUT2D eigenvalue weighted by molar-refractivity contribution is 7.99. The normalized spacial score (nSPS) is 21.5. The van der Waals surface area contributed by atoms with E-state index in [0.717, 1.165) is 11.8 Å². The third-order valence-corrected chi connectivity index (χ3v) is 4.22. The Hall–Kier alpha value is -1.61. The van der Waals surface area contributed by atoms with Crippen LogP contribution in [0, 0.1) is 5.82 Å². The second kappa shape index (κ2) is 6.48. The predicted molar refractivity (Wildman–Crippen MR) is 78.1 cm³/mol. The summed E-state index contributed by atoms with van der Waals surface area (Å²) in [5.74, 6) is -1.67. The number of carbonyl (C=O) groups excluding carboxylic acids is 1. The molecule has 0 fully saturated rings. The van der Waals surface area contributed by atoms with E-state index in [1.165, 1.54) is 25.1 Å². The number of nitrogens with zero attached hydrogens (tertiary/aromatic N) is 2. The second-order valence-electron chi connectivity index (χ2n) is 5.12. The van der Waals surface area contributed by atoms with Crippen molar-refractivity contribution in [2.24, 2.45) is 5.10 Å². The molecule has 0 aliphatic carbocycles. The van der Waals surface area contributed by atoms with Gasteiger partial charge in [-0.2, -0.15) is 23.3 Å². The molecule has 1 heterocycles. The van der Waals surface area contributed by atoms with E-state index in [4.69, 9.17) is 0 Å². The number of hydrogen-bond donors (Lipinski definition) is 1. The Morgan fingerprint density at radius 2 is 2.09 bits per heavy atom. The molecule has 0 unspecified atom stereocenters.